The van der Waals surface area contributed by atoms with E-state index in [9.17, 15) is 35.9 Å². The molecule has 0 radical (unpaired) electrons. The van der Waals surface area contributed by atoms with Crippen molar-refractivity contribution in [2.45, 2.75) is 52.4 Å². The Labute approximate surface area is 239 Å². The number of anilines is 1. The molecule has 41 heavy (non-hydrogen) atoms. The van der Waals surface area contributed by atoms with Gasteiger partial charge in [0, 0.05) is 19.5 Å². The predicted octanol–water partition coefficient (Wildman–Crippen LogP) is 8.26. The van der Waals surface area contributed by atoms with Crippen LogP contribution < -0.4 is 4.90 Å². The smallest absolute Gasteiger partial charge is 0.416 e. The van der Waals surface area contributed by atoms with Gasteiger partial charge in [-0.05, 0) is 68.7 Å². The Balaban J connectivity index is 0.000000883. The van der Waals surface area contributed by atoms with E-state index in [1.54, 1.807) is 25.1 Å². The van der Waals surface area contributed by atoms with Crippen LogP contribution in [-0.2, 0) is 32.1 Å². The molecule has 0 atom stereocenters. The van der Waals surface area contributed by atoms with Crippen LogP contribution in [0.4, 0.5) is 32.0 Å². The number of rotatable bonds is 5. The number of aryl methyl sites for hydroxylation is 1. The van der Waals surface area contributed by atoms with Crippen LogP contribution in [0.3, 0.4) is 0 Å². The maximum absolute atomic E-state index is 13.5. The van der Waals surface area contributed by atoms with E-state index in [1.807, 2.05) is 19.1 Å². The van der Waals surface area contributed by atoms with Gasteiger partial charge in [0.25, 0.3) is 0 Å². The molecule has 0 saturated carbocycles. The molecule has 222 valence electrons. The third-order valence-corrected chi connectivity index (χ3v) is 6.35. The fourth-order valence-corrected chi connectivity index (χ4v) is 4.11. The molecule has 0 bridgehead atoms. The number of carbonyl (C=O) groups excluding carboxylic acids is 2. The monoisotopic (exact) mass is 602 g/mol. The van der Waals surface area contributed by atoms with Gasteiger partial charge in [-0.1, -0.05) is 35.9 Å². The van der Waals surface area contributed by atoms with E-state index in [0.717, 1.165) is 11.1 Å². The second-order valence-corrected chi connectivity index (χ2v) is 9.93. The average Bonchev–Trinajstić information content (AvgIpc) is 2.87. The van der Waals surface area contributed by atoms with Gasteiger partial charge in [0.1, 0.15) is 5.15 Å². The zero-order valence-electron chi connectivity index (χ0n) is 23.2. The number of likely N-dealkylation sites (N-methyl/N-ethyl adjacent to an activating group) is 1. The SMILES string of the molecule is CCOC(C)=O.Cc1ccccc1-c1cc(Cl)ncc1N(C)C(=O)C(C)(C)c1cc(C(F)(F)F)cc(C(F)(F)F)c1. The summed E-state index contributed by atoms with van der Waals surface area (Å²) in [6.45, 7) is 8.05. The van der Waals surface area contributed by atoms with E-state index in [1.165, 1.54) is 38.9 Å². The molecule has 3 aromatic rings. The minimum absolute atomic E-state index is 0.0349. The summed E-state index contributed by atoms with van der Waals surface area (Å²) in [4.78, 5) is 28.6. The van der Waals surface area contributed by atoms with Crippen molar-refractivity contribution in [3.63, 3.8) is 0 Å². The average molecular weight is 603 g/mol. The zero-order chi connectivity index (χ0) is 31.3. The summed E-state index contributed by atoms with van der Waals surface area (Å²) in [5.74, 6) is -0.943. The molecule has 12 heteroatoms. The Morgan fingerprint density at radius 1 is 0.902 bits per heavy atom. The first-order valence-electron chi connectivity index (χ1n) is 12.2. The maximum atomic E-state index is 13.5. The van der Waals surface area contributed by atoms with Crippen LogP contribution in [0.2, 0.25) is 5.15 Å². The lowest BCUT2D eigenvalue weighted by atomic mass is 9.81. The van der Waals surface area contributed by atoms with Crippen molar-refractivity contribution >= 4 is 29.2 Å². The van der Waals surface area contributed by atoms with Crippen molar-refractivity contribution in [3.8, 4) is 11.1 Å². The second-order valence-electron chi connectivity index (χ2n) is 9.55. The molecular formula is C29H29ClF6N2O3. The number of aromatic nitrogens is 1. The molecule has 0 aliphatic carbocycles. The van der Waals surface area contributed by atoms with E-state index in [2.05, 4.69) is 9.72 Å². The fourth-order valence-electron chi connectivity index (χ4n) is 3.95. The Kier molecular flexibility index (Phi) is 10.6. The van der Waals surface area contributed by atoms with Crippen LogP contribution in [0, 0.1) is 6.92 Å². The lowest BCUT2D eigenvalue weighted by Crippen LogP contribution is -2.42. The van der Waals surface area contributed by atoms with Gasteiger partial charge in [-0.15, -0.1) is 0 Å². The first kappa shape index (κ1) is 33.6. The second kappa shape index (κ2) is 12.9. The molecule has 0 fully saturated rings. The molecule has 0 aliphatic rings. The molecule has 0 saturated heterocycles. The third-order valence-electron chi connectivity index (χ3n) is 6.14. The number of nitrogens with zero attached hydrogens (tertiary/aromatic N) is 2. The number of carbonyl (C=O) groups is 2. The largest absolute Gasteiger partial charge is 0.466 e. The fraction of sp³-hybridized carbons (Fsp3) is 0.345. The van der Waals surface area contributed by atoms with Crippen LogP contribution in [0.5, 0.6) is 0 Å². The van der Waals surface area contributed by atoms with E-state index in [4.69, 9.17) is 11.6 Å². The lowest BCUT2D eigenvalue weighted by Gasteiger charge is -2.32. The van der Waals surface area contributed by atoms with Crippen molar-refractivity contribution in [2.24, 2.45) is 0 Å². The molecule has 1 heterocycles. The number of pyridine rings is 1. The summed E-state index contributed by atoms with van der Waals surface area (Å²) in [6, 6.07) is 9.98. The summed E-state index contributed by atoms with van der Waals surface area (Å²) < 4.78 is 84.7. The van der Waals surface area contributed by atoms with Crippen molar-refractivity contribution < 1.29 is 40.7 Å². The van der Waals surface area contributed by atoms with E-state index in [0.29, 0.717) is 30.0 Å². The van der Waals surface area contributed by atoms with Crippen LogP contribution in [-0.4, -0.2) is 30.5 Å². The molecule has 2 aromatic carbocycles. The van der Waals surface area contributed by atoms with Gasteiger partial charge in [-0.25, -0.2) is 4.98 Å². The van der Waals surface area contributed by atoms with Gasteiger partial charge in [0.05, 0.1) is 35.0 Å². The number of ether oxygens (including phenoxy) is 1. The number of amides is 1. The van der Waals surface area contributed by atoms with Crippen LogP contribution >= 0.6 is 11.6 Å². The van der Waals surface area contributed by atoms with Gasteiger partial charge < -0.3 is 9.64 Å². The highest BCUT2D eigenvalue weighted by molar-refractivity contribution is 6.29. The summed E-state index contributed by atoms with van der Waals surface area (Å²) in [5, 5.41) is 0.153. The topological polar surface area (TPSA) is 59.5 Å². The van der Waals surface area contributed by atoms with Crippen molar-refractivity contribution in [1.82, 2.24) is 4.98 Å². The normalized spacial score (nSPS) is 11.8. The number of benzene rings is 2. The van der Waals surface area contributed by atoms with Gasteiger partial charge in [-0.3, -0.25) is 9.59 Å². The van der Waals surface area contributed by atoms with Crippen LogP contribution in [0.1, 0.15) is 49.9 Å². The Morgan fingerprint density at radius 2 is 1.41 bits per heavy atom. The lowest BCUT2D eigenvalue weighted by molar-refractivity contribution is -0.143. The molecule has 3 rings (SSSR count). The maximum Gasteiger partial charge on any atom is 0.416 e. The van der Waals surface area contributed by atoms with E-state index >= 15 is 0 Å². The molecule has 0 aliphatic heterocycles. The zero-order valence-corrected chi connectivity index (χ0v) is 23.9. The Hall–Kier alpha value is -3.60. The van der Waals surface area contributed by atoms with Gasteiger partial charge >= 0.3 is 18.3 Å². The Morgan fingerprint density at radius 3 is 1.85 bits per heavy atom. The summed E-state index contributed by atoms with van der Waals surface area (Å²) >= 11 is 6.08. The van der Waals surface area contributed by atoms with Crippen LogP contribution in [0.15, 0.2) is 54.7 Å². The van der Waals surface area contributed by atoms with Crippen LogP contribution in [0.25, 0.3) is 11.1 Å². The van der Waals surface area contributed by atoms with Gasteiger partial charge in [0.2, 0.25) is 5.91 Å². The quantitative estimate of drug-likeness (QED) is 0.168. The number of hydrogen-bond donors (Lipinski definition) is 0. The molecule has 5 nitrogen and oxygen atoms in total. The van der Waals surface area contributed by atoms with Gasteiger partial charge in [-0.2, -0.15) is 26.3 Å². The molecule has 1 aromatic heterocycles. The highest BCUT2D eigenvalue weighted by Crippen LogP contribution is 2.41. The minimum atomic E-state index is -5.03. The van der Waals surface area contributed by atoms with Crippen molar-refractivity contribution in [3.05, 3.63) is 82.1 Å². The highest BCUT2D eigenvalue weighted by atomic mass is 35.5. The molecular weight excluding hydrogens is 574 g/mol. The van der Waals surface area contributed by atoms with E-state index < -0.39 is 40.4 Å². The minimum Gasteiger partial charge on any atom is -0.466 e. The first-order valence-corrected chi connectivity index (χ1v) is 12.6. The molecule has 0 unspecified atom stereocenters. The third kappa shape index (κ3) is 8.45. The standard InChI is InChI=1S/C25H21ClF6N2O.C4H8O2/c1-14-7-5-6-8-18(14)19-12-21(26)33-13-20(19)34(4)22(35)23(2,3)15-9-16(24(27,28)29)11-17(10-15)25(30,31)32;1-3-6-4(2)5/h5-13H,1-4H3;3H2,1-2H3. The molecule has 0 N–H and O–H groups in total. The number of hydrogen-bond acceptors (Lipinski definition) is 4. The first-order chi connectivity index (χ1) is 18.8. The molecule has 0 spiro atoms. The van der Waals surface area contributed by atoms with Gasteiger partial charge in [0.15, 0.2) is 0 Å². The predicted molar refractivity (Wildman–Crippen MR) is 145 cm³/mol. The number of halogens is 7. The van der Waals surface area contributed by atoms with Crippen molar-refractivity contribution in [1.29, 1.82) is 0 Å². The summed E-state index contributed by atoms with van der Waals surface area (Å²) in [5.41, 5.74) is -2.71. The summed E-state index contributed by atoms with van der Waals surface area (Å²) in [6.07, 6.45) is -8.72. The molecule has 1 amide bonds. The number of alkyl halides is 6. The van der Waals surface area contributed by atoms with Crippen molar-refractivity contribution in [2.75, 3.05) is 18.6 Å². The number of esters is 1. The van der Waals surface area contributed by atoms with E-state index in [-0.39, 0.29) is 17.2 Å². The Bertz CT molecular complexity index is 1370. The summed E-state index contributed by atoms with van der Waals surface area (Å²) in [7, 11) is 1.38. The highest BCUT2D eigenvalue weighted by Gasteiger charge is 2.41.